The van der Waals surface area contributed by atoms with Crippen LogP contribution >= 0.6 is 0 Å². The number of rotatable bonds is 2. The summed E-state index contributed by atoms with van der Waals surface area (Å²) in [6.07, 6.45) is 4.42. The van der Waals surface area contributed by atoms with Gasteiger partial charge >= 0.3 is 0 Å². The maximum atomic E-state index is 6.02. The van der Waals surface area contributed by atoms with Gasteiger partial charge in [-0.05, 0) is 30.7 Å². The van der Waals surface area contributed by atoms with E-state index in [1.807, 2.05) is 25.2 Å². The largest absolute Gasteiger partial charge is 0.439 e. The molecule has 0 aromatic heterocycles. The minimum Gasteiger partial charge on any atom is -0.439 e. The number of nitrogens with zero attached hydrogens (tertiary/aromatic N) is 2. The molecule has 0 atom stereocenters. The van der Waals surface area contributed by atoms with E-state index in [-0.39, 0.29) is 0 Å². The Morgan fingerprint density at radius 1 is 1.04 bits per heavy atom. The Hall–Kier alpha value is -2.68. The fraction of sp³-hybridized carbons (Fsp3) is 0.200. The van der Waals surface area contributed by atoms with Crippen molar-refractivity contribution >= 4 is 16.9 Å². The summed E-state index contributed by atoms with van der Waals surface area (Å²) >= 11 is 0. The van der Waals surface area contributed by atoms with Gasteiger partial charge in [-0.3, -0.25) is 0 Å². The second-order valence-corrected chi connectivity index (χ2v) is 5.83. The molecule has 2 aromatic carbocycles. The molecule has 0 spiro atoms. The summed E-state index contributed by atoms with van der Waals surface area (Å²) in [6.45, 7) is 4.14. The van der Waals surface area contributed by atoms with Crippen LogP contribution in [0.2, 0.25) is 0 Å². The van der Waals surface area contributed by atoms with Crippen molar-refractivity contribution in [3.8, 4) is 5.75 Å². The van der Waals surface area contributed by atoms with E-state index >= 15 is 0 Å². The van der Waals surface area contributed by atoms with Gasteiger partial charge in [0, 0.05) is 37.5 Å². The normalized spacial score (nSPS) is 17.7. The van der Waals surface area contributed by atoms with Crippen LogP contribution in [-0.2, 0) is 0 Å². The molecule has 0 radical (unpaired) electrons. The van der Waals surface area contributed by atoms with E-state index in [0.717, 1.165) is 30.4 Å². The number of benzene rings is 2. The van der Waals surface area contributed by atoms with Gasteiger partial charge in [-0.2, -0.15) is 0 Å². The summed E-state index contributed by atoms with van der Waals surface area (Å²) in [7, 11) is 2.05. The number of allylic oxidation sites excluding steroid dienone is 2. The van der Waals surface area contributed by atoms with Crippen molar-refractivity contribution < 1.29 is 4.74 Å². The maximum Gasteiger partial charge on any atom is 0.201 e. The Morgan fingerprint density at radius 3 is 2.57 bits per heavy atom. The summed E-state index contributed by atoms with van der Waals surface area (Å²) in [5.74, 6) is 1.79. The summed E-state index contributed by atoms with van der Waals surface area (Å²) in [5, 5.41) is 0. The zero-order valence-corrected chi connectivity index (χ0v) is 13.5. The molecular formula is C20H20N2O. The Kier molecular flexibility index (Phi) is 3.34. The van der Waals surface area contributed by atoms with Gasteiger partial charge < -0.3 is 14.5 Å². The molecule has 2 aliphatic rings. The van der Waals surface area contributed by atoms with Crippen molar-refractivity contribution in [3.05, 3.63) is 72.1 Å². The number of hydrogen-bond donors (Lipinski definition) is 0. The lowest BCUT2D eigenvalue weighted by atomic mass is 9.99. The number of likely N-dealkylation sites (N-methyl/N-ethyl adjacent to an activating group) is 1. The van der Waals surface area contributed by atoms with Crippen LogP contribution in [0.4, 0.5) is 11.4 Å². The van der Waals surface area contributed by atoms with Gasteiger partial charge in [0.2, 0.25) is 5.88 Å². The highest BCUT2D eigenvalue weighted by Gasteiger charge is 2.24. The molecule has 0 aliphatic carbocycles. The van der Waals surface area contributed by atoms with E-state index in [1.165, 1.54) is 16.8 Å². The Labute approximate surface area is 137 Å². The molecule has 23 heavy (non-hydrogen) atoms. The van der Waals surface area contributed by atoms with Crippen molar-refractivity contribution in [2.75, 3.05) is 29.9 Å². The SMILES string of the molecule is CCN1CC=C(/C=C2\Oc3ccccc3N2C)c2ccccc21. The van der Waals surface area contributed by atoms with Crippen LogP contribution in [0.25, 0.3) is 5.57 Å². The van der Waals surface area contributed by atoms with Crippen LogP contribution in [0.1, 0.15) is 12.5 Å². The van der Waals surface area contributed by atoms with E-state index in [4.69, 9.17) is 4.74 Å². The zero-order chi connectivity index (χ0) is 15.8. The highest BCUT2D eigenvalue weighted by atomic mass is 16.5. The first-order valence-corrected chi connectivity index (χ1v) is 8.04. The average molecular weight is 304 g/mol. The average Bonchev–Trinajstić information content (AvgIpc) is 2.91. The third-order valence-corrected chi connectivity index (χ3v) is 4.52. The highest BCUT2D eigenvalue weighted by Crippen LogP contribution is 2.39. The van der Waals surface area contributed by atoms with Crippen LogP contribution in [0.3, 0.4) is 0 Å². The summed E-state index contributed by atoms with van der Waals surface area (Å²) in [4.78, 5) is 4.48. The number of hydrogen-bond acceptors (Lipinski definition) is 3. The molecule has 0 bridgehead atoms. The molecule has 0 fully saturated rings. The lowest BCUT2D eigenvalue weighted by Gasteiger charge is -2.29. The van der Waals surface area contributed by atoms with Gasteiger partial charge in [-0.25, -0.2) is 0 Å². The van der Waals surface area contributed by atoms with Gasteiger partial charge in [0.25, 0.3) is 0 Å². The molecule has 0 saturated heterocycles. The van der Waals surface area contributed by atoms with E-state index in [1.54, 1.807) is 0 Å². The van der Waals surface area contributed by atoms with Gasteiger partial charge in [-0.15, -0.1) is 0 Å². The van der Waals surface area contributed by atoms with E-state index < -0.39 is 0 Å². The molecule has 2 aromatic rings. The summed E-state index contributed by atoms with van der Waals surface area (Å²) in [6, 6.07) is 16.7. The first kappa shape index (κ1) is 13.9. The fourth-order valence-corrected chi connectivity index (χ4v) is 3.23. The molecule has 0 amide bonds. The predicted molar refractivity (Wildman–Crippen MR) is 95.9 cm³/mol. The van der Waals surface area contributed by atoms with Crippen molar-refractivity contribution in [1.29, 1.82) is 0 Å². The lowest BCUT2D eigenvalue weighted by molar-refractivity contribution is 0.444. The smallest absolute Gasteiger partial charge is 0.201 e. The molecule has 116 valence electrons. The third kappa shape index (κ3) is 2.29. The molecule has 4 rings (SSSR count). The first-order chi connectivity index (χ1) is 11.3. The highest BCUT2D eigenvalue weighted by molar-refractivity contribution is 5.86. The molecule has 0 unspecified atom stereocenters. The molecule has 3 heteroatoms. The third-order valence-electron chi connectivity index (χ3n) is 4.52. The first-order valence-electron chi connectivity index (χ1n) is 8.04. The van der Waals surface area contributed by atoms with Crippen molar-refractivity contribution in [1.82, 2.24) is 0 Å². The monoisotopic (exact) mass is 304 g/mol. The van der Waals surface area contributed by atoms with Gasteiger partial charge in [0.15, 0.2) is 5.75 Å². The Balaban J connectivity index is 1.72. The topological polar surface area (TPSA) is 15.7 Å². The van der Waals surface area contributed by atoms with Crippen LogP contribution in [0.15, 0.2) is 66.6 Å². The summed E-state index contributed by atoms with van der Waals surface area (Å²) < 4.78 is 6.02. The van der Waals surface area contributed by atoms with Crippen LogP contribution in [0.5, 0.6) is 5.75 Å². The lowest BCUT2D eigenvalue weighted by Crippen LogP contribution is -2.26. The standard InChI is InChI=1S/C20H20N2O/c1-3-22-13-12-15(16-8-4-5-9-17(16)22)14-20-21(2)18-10-6-7-11-19(18)23-20/h4-12,14H,3,13H2,1-2H3/b20-14-. The molecule has 0 saturated carbocycles. The quantitative estimate of drug-likeness (QED) is 0.823. The molecular weight excluding hydrogens is 284 g/mol. The Bertz CT molecular complexity index is 807. The minimum atomic E-state index is 0.872. The summed E-state index contributed by atoms with van der Waals surface area (Å²) in [5.41, 5.74) is 4.89. The van der Waals surface area contributed by atoms with E-state index in [2.05, 4.69) is 59.2 Å². The van der Waals surface area contributed by atoms with Crippen molar-refractivity contribution in [2.24, 2.45) is 0 Å². The number of ether oxygens (including phenoxy) is 1. The van der Waals surface area contributed by atoms with Gasteiger partial charge in [-0.1, -0.05) is 36.4 Å². The number of fused-ring (bicyclic) bond motifs is 2. The van der Waals surface area contributed by atoms with E-state index in [9.17, 15) is 0 Å². The second-order valence-electron chi connectivity index (χ2n) is 5.83. The predicted octanol–water partition coefficient (Wildman–Crippen LogP) is 4.28. The zero-order valence-electron chi connectivity index (χ0n) is 13.5. The molecule has 0 N–H and O–H groups in total. The Morgan fingerprint density at radius 2 is 1.78 bits per heavy atom. The molecule has 2 heterocycles. The van der Waals surface area contributed by atoms with Crippen LogP contribution in [-0.4, -0.2) is 20.1 Å². The minimum absolute atomic E-state index is 0.872. The molecule has 3 nitrogen and oxygen atoms in total. The van der Waals surface area contributed by atoms with E-state index in [0.29, 0.717) is 0 Å². The number of anilines is 2. The van der Waals surface area contributed by atoms with Crippen LogP contribution < -0.4 is 14.5 Å². The maximum absolute atomic E-state index is 6.02. The molecule has 2 aliphatic heterocycles. The fourth-order valence-electron chi connectivity index (χ4n) is 3.23. The van der Waals surface area contributed by atoms with Crippen molar-refractivity contribution in [2.45, 2.75) is 6.92 Å². The van der Waals surface area contributed by atoms with Gasteiger partial charge in [0.1, 0.15) is 0 Å². The van der Waals surface area contributed by atoms with Crippen LogP contribution in [0, 0.1) is 0 Å². The van der Waals surface area contributed by atoms with Crippen molar-refractivity contribution in [3.63, 3.8) is 0 Å². The second kappa shape index (κ2) is 5.51. The number of para-hydroxylation sites is 3. The van der Waals surface area contributed by atoms with Gasteiger partial charge in [0.05, 0.1) is 5.69 Å².